The van der Waals surface area contributed by atoms with Crippen LogP contribution in [0.1, 0.15) is 17.4 Å². The number of methoxy groups -OCH3 is 2. The Balaban J connectivity index is 2.30. The average Bonchev–Trinajstić information content (AvgIpc) is 2.96. The van der Waals surface area contributed by atoms with Crippen LogP contribution in [0.15, 0.2) is 28.8 Å². The SMILES string of the molecule is CCOC(=O)c1cc(-c2ccc(OC)c(OC)c2)on1. The second-order valence-corrected chi connectivity index (χ2v) is 3.87. The molecule has 0 atom stereocenters. The van der Waals surface area contributed by atoms with Crippen LogP contribution in [0.5, 0.6) is 11.5 Å². The van der Waals surface area contributed by atoms with Crippen LogP contribution in [0.2, 0.25) is 0 Å². The van der Waals surface area contributed by atoms with E-state index in [2.05, 4.69) is 5.16 Å². The molecule has 0 N–H and O–H groups in total. The van der Waals surface area contributed by atoms with Crippen molar-refractivity contribution in [3.8, 4) is 22.8 Å². The van der Waals surface area contributed by atoms with E-state index in [1.165, 1.54) is 6.07 Å². The van der Waals surface area contributed by atoms with Crippen LogP contribution in [0.3, 0.4) is 0 Å². The van der Waals surface area contributed by atoms with Crippen molar-refractivity contribution in [1.29, 1.82) is 0 Å². The molecule has 0 unspecified atom stereocenters. The topological polar surface area (TPSA) is 70.8 Å². The minimum absolute atomic E-state index is 0.136. The molecule has 6 heteroatoms. The number of nitrogens with zero attached hydrogens (tertiary/aromatic N) is 1. The van der Waals surface area contributed by atoms with Gasteiger partial charge in [-0.15, -0.1) is 0 Å². The van der Waals surface area contributed by atoms with Gasteiger partial charge in [0, 0.05) is 11.6 Å². The van der Waals surface area contributed by atoms with Gasteiger partial charge in [0.2, 0.25) is 0 Å². The molecule has 0 saturated heterocycles. The molecular weight excluding hydrogens is 262 g/mol. The van der Waals surface area contributed by atoms with E-state index < -0.39 is 5.97 Å². The third-order valence-electron chi connectivity index (χ3n) is 2.66. The van der Waals surface area contributed by atoms with Crippen LogP contribution < -0.4 is 9.47 Å². The molecule has 6 nitrogen and oxygen atoms in total. The van der Waals surface area contributed by atoms with Gasteiger partial charge in [-0.3, -0.25) is 0 Å². The zero-order valence-corrected chi connectivity index (χ0v) is 11.5. The number of rotatable bonds is 5. The van der Waals surface area contributed by atoms with Crippen LogP contribution in [-0.2, 0) is 4.74 Å². The van der Waals surface area contributed by atoms with Crippen molar-refractivity contribution in [2.45, 2.75) is 6.92 Å². The molecule has 0 bridgehead atoms. The van der Waals surface area contributed by atoms with Gasteiger partial charge in [-0.1, -0.05) is 5.16 Å². The fourth-order valence-electron chi connectivity index (χ4n) is 1.70. The lowest BCUT2D eigenvalue weighted by molar-refractivity contribution is 0.0514. The highest BCUT2D eigenvalue weighted by Crippen LogP contribution is 2.32. The summed E-state index contributed by atoms with van der Waals surface area (Å²) in [6, 6.07) is 6.81. The number of hydrogen-bond acceptors (Lipinski definition) is 6. The number of carbonyl (C=O) groups is 1. The number of esters is 1. The fourth-order valence-corrected chi connectivity index (χ4v) is 1.70. The maximum absolute atomic E-state index is 11.5. The molecule has 0 aliphatic heterocycles. The Morgan fingerprint density at radius 2 is 1.95 bits per heavy atom. The lowest BCUT2D eigenvalue weighted by Gasteiger charge is -2.07. The van der Waals surface area contributed by atoms with Gasteiger partial charge in [-0.2, -0.15) is 0 Å². The van der Waals surface area contributed by atoms with Gasteiger partial charge in [-0.25, -0.2) is 4.79 Å². The molecule has 0 aliphatic rings. The Kier molecular flexibility index (Phi) is 4.24. The van der Waals surface area contributed by atoms with E-state index in [-0.39, 0.29) is 12.3 Å². The molecule has 0 saturated carbocycles. The van der Waals surface area contributed by atoms with Crippen LogP contribution >= 0.6 is 0 Å². The largest absolute Gasteiger partial charge is 0.493 e. The van der Waals surface area contributed by atoms with Crippen molar-refractivity contribution < 1.29 is 23.5 Å². The highest BCUT2D eigenvalue weighted by Gasteiger charge is 2.15. The van der Waals surface area contributed by atoms with Gasteiger partial charge in [0.05, 0.1) is 20.8 Å². The highest BCUT2D eigenvalue weighted by atomic mass is 16.5. The first-order valence-electron chi connectivity index (χ1n) is 6.05. The first kappa shape index (κ1) is 13.9. The minimum Gasteiger partial charge on any atom is -0.493 e. The summed E-state index contributed by atoms with van der Waals surface area (Å²) in [6.07, 6.45) is 0. The normalized spacial score (nSPS) is 10.2. The third-order valence-corrected chi connectivity index (χ3v) is 2.66. The maximum atomic E-state index is 11.5. The lowest BCUT2D eigenvalue weighted by atomic mass is 10.1. The van der Waals surface area contributed by atoms with E-state index in [1.54, 1.807) is 39.3 Å². The number of benzene rings is 1. The summed E-state index contributed by atoms with van der Waals surface area (Å²) in [7, 11) is 3.11. The Hall–Kier alpha value is -2.50. The summed E-state index contributed by atoms with van der Waals surface area (Å²) in [5.74, 6) is 1.12. The third kappa shape index (κ3) is 2.74. The summed E-state index contributed by atoms with van der Waals surface area (Å²) in [4.78, 5) is 11.5. The van der Waals surface area contributed by atoms with Crippen LogP contribution in [-0.4, -0.2) is 32.0 Å². The Morgan fingerprint density at radius 3 is 2.60 bits per heavy atom. The molecule has 0 aliphatic carbocycles. The molecular formula is C14H15NO5. The summed E-state index contributed by atoms with van der Waals surface area (Å²) < 4.78 is 20.4. The molecule has 0 amide bonds. The van der Waals surface area contributed by atoms with Crippen molar-refractivity contribution in [2.24, 2.45) is 0 Å². The molecule has 2 rings (SSSR count). The molecule has 1 heterocycles. The van der Waals surface area contributed by atoms with Crippen molar-refractivity contribution in [1.82, 2.24) is 5.16 Å². The van der Waals surface area contributed by atoms with Crippen molar-refractivity contribution in [3.63, 3.8) is 0 Å². The Bertz CT molecular complexity index is 605. The number of carbonyl (C=O) groups excluding carboxylic acids is 1. The van der Waals surface area contributed by atoms with Gasteiger partial charge < -0.3 is 18.7 Å². The van der Waals surface area contributed by atoms with E-state index in [4.69, 9.17) is 18.7 Å². The van der Waals surface area contributed by atoms with Gasteiger partial charge in [0.1, 0.15) is 0 Å². The number of ether oxygens (including phenoxy) is 3. The molecule has 1 aromatic carbocycles. The predicted molar refractivity (Wildman–Crippen MR) is 71.0 cm³/mol. The lowest BCUT2D eigenvalue weighted by Crippen LogP contribution is -2.04. The summed E-state index contributed by atoms with van der Waals surface area (Å²) in [6.45, 7) is 2.02. The molecule has 20 heavy (non-hydrogen) atoms. The summed E-state index contributed by atoms with van der Waals surface area (Å²) in [5.41, 5.74) is 0.863. The zero-order valence-electron chi connectivity index (χ0n) is 11.5. The van der Waals surface area contributed by atoms with Gasteiger partial charge >= 0.3 is 5.97 Å². The second-order valence-electron chi connectivity index (χ2n) is 3.87. The van der Waals surface area contributed by atoms with Crippen LogP contribution in [0, 0.1) is 0 Å². The minimum atomic E-state index is -0.511. The summed E-state index contributed by atoms with van der Waals surface area (Å²) >= 11 is 0. The molecule has 1 aromatic heterocycles. The zero-order chi connectivity index (χ0) is 14.5. The average molecular weight is 277 g/mol. The molecule has 2 aromatic rings. The van der Waals surface area contributed by atoms with Crippen LogP contribution in [0.4, 0.5) is 0 Å². The van der Waals surface area contributed by atoms with E-state index in [0.717, 1.165) is 5.56 Å². The summed E-state index contributed by atoms with van der Waals surface area (Å²) in [5, 5.41) is 3.69. The monoisotopic (exact) mass is 277 g/mol. The van der Waals surface area contributed by atoms with E-state index >= 15 is 0 Å². The van der Waals surface area contributed by atoms with Crippen LogP contribution in [0.25, 0.3) is 11.3 Å². The molecule has 0 radical (unpaired) electrons. The predicted octanol–water partition coefficient (Wildman–Crippen LogP) is 2.54. The smallest absolute Gasteiger partial charge is 0.360 e. The standard InChI is InChI=1S/C14H15NO5/c1-4-19-14(16)10-8-12(20-15-10)9-5-6-11(17-2)13(7-9)18-3/h5-8H,4H2,1-3H3. The first-order valence-corrected chi connectivity index (χ1v) is 6.05. The fraction of sp³-hybridized carbons (Fsp3) is 0.286. The number of aromatic nitrogens is 1. The first-order chi connectivity index (χ1) is 9.69. The molecule has 0 fully saturated rings. The Labute approximate surface area is 116 Å². The van der Waals surface area contributed by atoms with E-state index in [1.807, 2.05) is 0 Å². The quantitative estimate of drug-likeness (QED) is 0.782. The van der Waals surface area contributed by atoms with Crippen molar-refractivity contribution >= 4 is 5.97 Å². The highest BCUT2D eigenvalue weighted by molar-refractivity contribution is 5.88. The van der Waals surface area contributed by atoms with Crippen molar-refractivity contribution in [3.05, 3.63) is 30.0 Å². The van der Waals surface area contributed by atoms with Gasteiger partial charge in [0.25, 0.3) is 0 Å². The molecule has 0 spiro atoms. The second kappa shape index (κ2) is 6.10. The van der Waals surface area contributed by atoms with E-state index in [9.17, 15) is 4.79 Å². The van der Waals surface area contributed by atoms with Crippen molar-refractivity contribution in [2.75, 3.05) is 20.8 Å². The maximum Gasteiger partial charge on any atom is 0.360 e. The van der Waals surface area contributed by atoms with Gasteiger partial charge in [0.15, 0.2) is 23.0 Å². The van der Waals surface area contributed by atoms with E-state index in [0.29, 0.717) is 17.3 Å². The Morgan fingerprint density at radius 1 is 1.20 bits per heavy atom. The number of hydrogen-bond donors (Lipinski definition) is 0. The van der Waals surface area contributed by atoms with Gasteiger partial charge in [-0.05, 0) is 25.1 Å². The molecule has 106 valence electrons.